The van der Waals surface area contributed by atoms with E-state index < -0.39 is 10.0 Å². The molecule has 0 aromatic heterocycles. The summed E-state index contributed by atoms with van der Waals surface area (Å²) in [5.74, 6) is 0.521. The van der Waals surface area contributed by atoms with Crippen LogP contribution in [-0.4, -0.2) is 33.3 Å². The molecule has 1 aliphatic rings. The molecular formula is C12H16BrNO4S. The van der Waals surface area contributed by atoms with Crippen LogP contribution in [-0.2, 0) is 10.0 Å². The number of hydrogen-bond donors (Lipinski definition) is 2. The van der Waals surface area contributed by atoms with Gasteiger partial charge in [0.15, 0.2) is 0 Å². The van der Waals surface area contributed by atoms with Crippen molar-refractivity contribution in [2.24, 2.45) is 5.92 Å². The van der Waals surface area contributed by atoms with E-state index in [1.165, 1.54) is 13.2 Å². The first kappa shape index (κ1) is 14.8. The molecule has 1 aliphatic carbocycles. The largest absolute Gasteiger partial charge is 0.495 e. The van der Waals surface area contributed by atoms with Gasteiger partial charge in [0.05, 0.1) is 13.2 Å². The molecule has 5 nitrogen and oxygen atoms in total. The number of methoxy groups -OCH3 is 1. The van der Waals surface area contributed by atoms with Gasteiger partial charge in [-0.25, -0.2) is 13.1 Å². The Hall–Kier alpha value is -0.630. The third kappa shape index (κ3) is 3.47. The van der Waals surface area contributed by atoms with E-state index in [1.54, 1.807) is 12.1 Å². The molecule has 1 aromatic rings. The van der Waals surface area contributed by atoms with E-state index in [1.807, 2.05) is 0 Å². The van der Waals surface area contributed by atoms with Crippen LogP contribution in [0.3, 0.4) is 0 Å². The summed E-state index contributed by atoms with van der Waals surface area (Å²) in [4.78, 5) is 0.115. The normalized spacial score (nSPS) is 22.9. The summed E-state index contributed by atoms with van der Waals surface area (Å²) in [5, 5.41) is 9.18. The number of aliphatic hydroxyl groups is 1. The van der Waals surface area contributed by atoms with Gasteiger partial charge < -0.3 is 9.84 Å². The van der Waals surface area contributed by atoms with Crippen molar-refractivity contribution in [1.82, 2.24) is 4.72 Å². The zero-order chi connectivity index (χ0) is 14.0. The van der Waals surface area contributed by atoms with E-state index in [4.69, 9.17) is 4.74 Å². The van der Waals surface area contributed by atoms with Gasteiger partial charge in [0.2, 0.25) is 10.0 Å². The molecule has 7 heteroatoms. The van der Waals surface area contributed by atoms with Crippen LogP contribution in [0.5, 0.6) is 5.75 Å². The van der Waals surface area contributed by atoms with Crippen LogP contribution >= 0.6 is 15.9 Å². The molecule has 2 N–H and O–H groups in total. The lowest BCUT2D eigenvalue weighted by atomic mass is 9.83. The Bertz CT molecular complexity index is 555. The van der Waals surface area contributed by atoms with Crippen molar-refractivity contribution in [2.75, 3.05) is 13.7 Å². The van der Waals surface area contributed by atoms with Crippen LogP contribution in [0.15, 0.2) is 27.6 Å². The maximum Gasteiger partial charge on any atom is 0.244 e. The molecule has 1 saturated carbocycles. The minimum Gasteiger partial charge on any atom is -0.495 e. The predicted molar refractivity (Wildman–Crippen MR) is 74.6 cm³/mol. The monoisotopic (exact) mass is 349 g/mol. The fourth-order valence-corrected chi connectivity index (χ4v) is 3.85. The highest BCUT2D eigenvalue weighted by Gasteiger charge is 2.29. The summed E-state index contributed by atoms with van der Waals surface area (Å²) in [5.41, 5.74) is 0. The van der Waals surface area contributed by atoms with E-state index in [-0.39, 0.29) is 16.9 Å². The summed E-state index contributed by atoms with van der Waals surface area (Å²) in [6, 6.07) is 4.84. The van der Waals surface area contributed by atoms with Crippen LogP contribution in [0.4, 0.5) is 0 Å². The first-order valence-electron chi connectivity index (χ1n) is 5.93. The van der Waals surface area contributed by atoms with Crippen molar-refractivity contribution >= 4 is 26.0 Å². The van der Waals surface area contributed by atoms with E-state index in [0.29, 0.717) is 29.6 Å². The summed E-state index contributed by atoms with van der Waals surface area (Å²) < 4.78 is 32.7. The smallest absolute Gasteiger partial charge is 0.244 e. The maximum atomic E-state index is 12.2. The van der Waals surface area contributed by atoms with Gasteiger partial charge in [-0.3, -0.25) is 0 Å². The molecule has 1 fully saturated rings. The van der Waals surface area contributed by atoms with Gasteiger partial charge in [-0.2, -0.15) is 0 Å². The fourth-order valence-electron chi connectivity index (χ4n) is 2.03. The molecule has 106 valence electrons. The molecule has 0 heterocycles. The standard InChI is InChI=1S/C12H16BrNO4S/c1-18-11-3-2-9(13)6-12(11)19(16,17)14-7-8-4-10(15)5-8/h2-3,6,8,10,14-15H,4-5,7H2,1H3. The Morgan fingerprint density at radius 2 is 2.16 bits per heavy atom. The second kappa shape index (κ2) is 5.78. The van der Waals surface area contributed by atoms with Gasteiger partial charge in [0.25, 0.3) is 0 Å². The van der Waals surface area contributed by atoms with Crippen molar-refractivity contribution < 1.29 is 18.3 Å². The molecule has 0 bridgehead atoms. The average Bonchev–Trinajstić information content (AvgIpc) is 2.33. The fraction of sp³-hybridized carbons (Fsp3) is 0.500. The lowest BCUT2D eigenvalue weighted by molar-refractivity contribution is 0.0453. The predicted octanol–water partition coefficient (Wildman–Crippen LogP) is 1.51. The number of aliphatic hydroxyl groups excluding tert-OH is 1. The first-order valence-corrected chi connectivity index (χ1v) is 8.21. The molecule has 0 aliphatic heterocycles. The van der Waals surface area contributed by atoms with Gasteiger partial charge in [-0.05, 0) is 37.0 Å². The molecule has 0 saturated heterocycles. The molecule has 2 rings (SSSR count). The Kier molecular flexibility index (Phi) is 4.50. The van der Waals surface area contributed by atoms with E-state index in [9.17, 15) is 13.5 Å². The van der Waals surface area contributed by atoms with E-state index in [0.717, 1.165) is 0 Å². The van der Waals surface area contributed by atoms with Crippen LogP contribution in [0.1, 0.15) is 12.8 Å². The number of halogens is 1. The molecule has 0 unspecified atom stereocenters. The van der Waals surface area contributed by atoms with Crippen molar-refractivity contribution in [1.29, 1.82) is 0 Å². The first-order chi connectivity index (χ1) is 8.92. The second-order valence-corrected chi connectivity index (χ2v) is 7.29. The topological polar surface area (TPSA) is 75.6 Å². The maximum absolute atomic E-state index is 12.2. The van der Waals surface area contributed by atoms with Gasteiger partial charge in [-0.1, -0.05) is 15.9 Å². The molecule has 0 atom stereocenters. The van der Waals surface area contributed by atoms with Crippen LogP contribution in [0.2, 0.25) is 0 Å². The number of rotatable bonds is 5. The number of sulfonamides is 1. The minimum atomic E-state index is -3.60. The highest BCUT2D eigenvalue weighted by atomic mass is 79.9. The quantitative estimate of drug-likeness (QED) is 0.844. The van der Waals surface area contributed by atoms with Crippen LogP contribution < -0.4 is 9.46 Å². The summed E-state index contributed by atoms with van der Waals surface area (Å²) >= 11 is 3.25. The van der Waals surface area contributed by atoms with Crippen LogP contribution in [0.25, 0.3) is 0 Å². The molecule has 0 radical (unpaired) electrons. The van der Waals surface area contributed by atoms with Crippen molar-refractivity contribution in [3.05, 3.63) is 22.7 Å². The van der Waals surface area contributed by atoms with E-state index in [2.05, 4.69) is 20.7 Å². The van der Waals surface area contributed by atoms with Gasteiger partial charge in [0, 0.05) is 11.0 Å². The zero-order valence-electron chi connectivity index (χ0n) is 10.5. The van der Waals surface area contributed by atoms with Crippen molar-refractivity contribution in [3.8, 4) is 5.75 Å². The number of ether oxygens (including phenoxy) is 1. The zero-order valence-corrected chi connectivity index (χ0v) is 12.9. The Labute approximate surface area is 121 Å². The minimum absolute atomic E-state index is 0.115. The Morgan fingerprint density at radius 3 is 2.74 bits per heavy atom. The average molecular weight is 350 g/mol. The SMILES string of the molecule is COc1ccc(Br)cc1S(=O)(=O)NCC1CC(O)C1. The molecule has 19 heavy (non-hydrogen) atoms. The Balaban J connectivity index is 2.12. The van der Waals surface area contributed by atoms with Gasteiger partial charge in [-0.15, -0.1) is 0 Å². The Morgan fingerprint density at radius 1 is 1.47 bits per heavy atom. The van der Waals surface area contributed by atoms with Crippen LogP contribution in [0, 0.1) is 5.92 Å². The van der Waals surface area contributed by atoms with E-state index >= 15 is 0 Å². The lowest BCUT2D eigenvalue weighted by Gasteiger charge is -2.31. The van der Waals surface area contributed by atoms with Gasteiger partial charge >= 0.3 is 0 Å². The molecular weight excluding hydrogens is 334 g/mol. The summed E-state index contributed by atoms with van der Waals surface area (Å²) in [6.45, 7) is 0.342. The number of hydrogen-bond acceptors (Lipinski definition) is 4. The van der Waals surface area contributed by atoms with Gasteiger partial charge in [0.1, 0.15) is 10.6 Å². The number of nitrogens with one attached hydrogen (secondary N) is 1. The molecule has 0 spiro atoms. The van der Waals surface area contributed by atoms with Crippen molar-refractivity contribution in [2.45, 2.75) is 23.8 Å². The highest BCUT2D eigenvalue weighted by molar-refractivity contribution is 9.10. The van der Waals surface area contributed by atoms with Crippen molar-refractivity contribution in [3.63, 3.8) is 0 Å². The highest BCUT2D eigenvalue weighted by Crippen LogP contribution is 2.29. The lowest BCUT2D eigenvalue weighted by Crippen LogP contribution is -2.38. The molecule has 1 aromatic carbocycles. The summed E-state index contributed by atoms with van der Waals surface area (Å²) in [7, 11) is -2.17. The third-order valence-electron chi connectivity index (χ3n) is 3.19. The second-order valence-electron chi connectivity index (χ2n) is 4.64. The molecule has 0 amide bonds. The number of benzene rings is 1. The summed E-state index contributed by atoms with van der Waals surface area (Å²) in [6.07, 6.45) is 1.02. The third-order valence-corrected chi connectivity index (χ3v) is 5.13.